The Morgan fingerprint density at radius 2 is 2.00 bits per heavy atom. The maximum absolute atomic E-state index is 9.88. The lowest BCUT2D eigenvalue weighted by Gasteiger charge is -2.10. The quantitative estimate of drug-likeness (QED) is 0.918. The third kappa shape index (κ3) is 3.19. The summed E-state index contributed by atoms with van der Waals surface area (Å²) in [4.78, 5) is 4.58. The summed E-state index contributed by atoms with van der Waals surface area (Å²) in [6.45, 7) is 6.47. The zero-order chi connectivity index (χ0) is 14.7. The zero-order valence-electron chi connectivity index (χ0n) is 12.0. The Hall–Kier alpha value is -1.39. The van der Waals surface area contributed by atoms with Gasteiger partial charge in [-0.3, -0.25) is 0 Å². The Bertz CT molecular complexity index is 580. The van der Waals surface area contributed by atoms with Gasteiger partial charge < -0.3 is 5.11 Å². The molecule has 1 N–H and O–H groups in total. The van der Waals surface area contributed by atoms with Crippen LogP contribution in [0.25, 0.3) is 11.4 Å². The Morgan fingerprint density at radius 1 is 1.30 bits per heavy atom. The van der Waals surface area contributed by atoms with Crippen LogP contribution in [0.4, 0.5) is 0 Å². The standard InChI is InChI=1S/C15H20ClN3O/c1-4-11(20)9-19-15(17-14(18-19)10(2)3)12-7-5-6-8-13(12)16/h5-8,10-11,20H,4,9H2,1-3H3/t11-/m0/s1. The summed E-state index contributed by atoms with van der Waals surface area (Å²) in [6.07, 6.45) is 0.247. The fraction of sp³-hybridized carbons (Fsp3) is 0.467. The molecule has 0 fully saturated rings. The molecule has 2 rings (SSSR count). The molecule has 108 valence electrons. The Kier molecular flexibility index (Phi) is 4.78. The van der Waals surface area contributed by atoms with Crippen molar-refractivity contribution in [3.05, 3.63) is 35.1 Å². The molecule has 1 atom stereocenters. The van der Waals surface area contributed by atoms with Crippen LogP contribution in [-0.2, 0) is 6.54 Å². The zero-order valence-corrected chi connectivity index (χ0v) is 12.8. The highest BCUT2D eigenvalue weighted by Crippen LogP contribution is 2.27. The molecular formula is C15H20ClN3O. The van der Waals surface area contributed by atoms with E-state index in [2.05, 4.69) is 10.1 Å². The number of hydrogen-bond donors (Lipinski definition) is 1. The number of halogens is 1. The molecule has 0 saturated heterocycles. The number of aliphatic hydroxyl groups excluding tert-OH is 1. The first-order chi connectivity index (χ1) is 9.52. The predicted octanol–water partition coefficient (Wildman–Crippen LogP) is 3.49. The monoisotopic (exact) mass is 293 g/mol. The Morgan fingerprint density at radius 3 is 2.60 bits per heavy atom. The number of aromatic nitrogens is 3. The van der Waals surface area contributed by atoms with E-state index >= 15 is 0 Å². The van der Waals surface area contributed by atoms with Crippen molar-refractivity contribution in [3.63, 3.8) is 0 Å². The molecule has 1 aromatic heterocycles. The van der Waals surface area contributed by atoms with Crippen LogP contribution in [0.3, 0.4) is 0 Å². The van der Waals surface area contributed by atoms with Gasteiger partial charge in [0.1, 0.15) is 0 Å². The lowest BCUT2D eigenvalue weighted by Crippen LogP contribution is -2.17. The molecule has 1 aromatic carbocycles. The average molecular weight is 294 g/mol. The highest BCUT2D eigenvalue weighted by molar-refractivity contribution is 6.33. The van der Waals surface area contributed by atoms with Crippen molar-refractivity contribution in [1.82, 2.24) is 14.8 Å². The van der Waals surface area contributed by atoms with Gasteiger partial charge in [-0.1, -0.05) is 44.5 Å². The van der Waals surface area contributed by atoms with Crippen LogP contribution in [0, 0.1) is 0 Å². The molecule has 4 nitrogen and oxygen atoms in total. The molecule has 2 aromatic rings. The minimum absolute atomic E-state index is 0.233. The molecule has 0 saturated carbocycles. The number of nitrogens with zero attached hydrogens (tertiary/aromatic N) is 3. The summed E-state index contributed by atoms with van der Waals surface area (Å²) in [5.74, 6) is 1.71. The van der Waals surface area contributed by atoms with Crippen molar-refractivity contribution in [2.24, 2.45) is 0 Å². The first-order valence-corrected chi connectivity index (χ1v) is 7.28. The van der Waals surface area contributed by atoms with Gasteiger partial charge in [-0.25, -0.2) is 9.67 Å². The molecule has 0 bridgehead atoms. The van der Waals surface area contributed by atoms with Gasteiger partial charge >= 0.3 is 0 Å². The maximum atomic E-state index is 9.88. The van der Waals surface area contributed by atoms with Gasteiger partial charge in [0.2, 0.25) is 0 Å². The molecule has 0 aliphatic carbocycles. The molecule has 20 heavy (non-hydrogen) atoms. The minimum Gasteiger partial charge on any atom is -0.391 e. The first kappa shape index (κ1) is 15.0. The normalized spacial score (nSPS) is 12.9. The number of hydrogen-bond acceptors (Lipinski definition) is 3. The fourth-order valence-corrected chi connectivity index (χ4v) is 2.12. The van der Waals surface area contributed by atoms with Crippen LogP contribution in [-0.4, -0.2) is 26.0 Å². The van der Waals surface area contributed by atoms with E-state index in [9.17, 15) is 5.11 Å². The third-order valence-electron chi connectivity index (χ3n) is 3.17. The van der Waals surface area contributed by atoms with Gasteiger partial charge in [0.25, 0.3) is 0 Å². The summed E-state index contributed by atoms with van der Waals surface area (Å²) >= 11 is 6.25. The lowest BCUT2D eigenvalue weighted by atomic mass is 10.2. The number of benzene rings is 1. The van der Waals surface area contributed by atoms with Gasteiger partial charge in [-0.2, -0.15) is 5.10 Å². The Labute approximate surface area is 124 Å². The third-order valence-corrected chi connectivity index (χ3v) is 3.50. The largest absolute Gasteiger partial charge is 0.391 e. The molecule has 1 heterocycles. The van der Waals surface area contributed by atoms with Gasteiger partial charge in [-0.05, 0) is 18.6 Å². The first-order valence-electron chi connectivity index (χ1n) is 6.90. The van der Waals surface area contributed by atoms with Crippen LogP contribution >= 0.6 is 11.6 Å². The fourth-order valence-electron chi connectivity index (χ4n) is 1.90. The van der Waals surface area contributed by atoms with Crippen molar-refractivity contribution in [3.8, 4) is 11.4 Å². The van der Waals surface area contributed by atoms with E-state index < -0.39 is 6.10 Å². The molecule has 0 spiro atoms. The smallest absolute Gasteiger partial charge is 0.160 e. The van der Waals surface area contributed by atoms with E-state index in [-0.39, 0.29) is 5.92 Å². The van der Waals surface area contributed by atoms with E-state index in [1.54, 1.807) is 4.68 Å². The van der Waals surface area contributed by atoms with E-state index in [4.69, 9.17) is 11.6 Å². The van der Waals surface area contributed by atoms with E-state index in [1.165, 1.54) is 0 Å². The highest BCUT2D eigenvalue weighted by atomic mass is 35.5. The van der Waals surface area contributed by atoms with Crippen LogP contribution in [0.2, 0.25) is 5.02 Å². The van der Waals surface area contributed by atoms with Crippen molar-refractivity contribution in [2.45, 2.75) is 45.8 Å². The van der Waals surface area contributed by atoms with Crippen LogP contribution in [0.1, 0.15) is 38.9 Å². The second kappa shape index (κ2) is 6.37. The maximum Gasteiger partial charge on any atom is 0.160 e. The molecule has 0 aliphatic heterocycles. The van der Waals surface area contributed by atoms with Crippen LogP contribution < -0.4 is 0 Å². The van der Waals surface area contributed by atoms with Gasteiger partial charge in [0.05, 0.1) is 17.7 Å². The number of aliphatic hydroxyl groups is 1. The molecular weight excluding hydrogens is 274 g/mol. The lowest BCUT2D eigenvalue weighted by molar-refractivity contribution is 0.145. The van der Waals surface area contributed by atoms with Crippen molar-refractivity contribution in [1.29, 1.82) is 0 Å². The second-order valence-electron chi connectivity index (χ2n) is 5.17. The highest BCUT2D eigenvalue weighted by Gasteiger charge is 2.17. The summed E-state index contributed by atoms with van der Waals surface area (Å²) < 4.78 is 1.75. The summed E-state index contributed by atoms with van der Waals surface area (Å²) in [5, 5.41) is 15.0. The van der Waals surface area contributed by atoms with Crippen molar-refractivity contribution < 1.29 is 5.11 Å². The average Bonchev–Trinajstić information content (AvgIpc) is 2.83. The summed E-state index contributed by atoms with van der Waals surface area (Å²) in [7, 11) is 0. The van der Waals surface area contributed by atoms with Gasteiger partial charge in [0.15, 0.2) is 11.6 Å². The van der Waals surface area contributed by atoms with Crippen LogP contribution in [0.5, 0.6) is 0 Å². The summed E-state index contributed by atoms with van der Waals surface area (Å²) in [5.41, 5.74) is 0.844. The molecule has 5 heteroatoms. The van der Waals surface area contributed by atoms with E-state index in [1.807, 2.05) is 45.0 Å². The molecule has 0 radical (unpaired) electrons. The molecule has 0 amide bonds. The predicted molar refractivity (Wildman–Crippen MR) is 80.9 cm³/mol. The van der Waals surface area contributed by atoms with Crippen LogP contribution in [0.15, 0.2) is 24.3 Å². The van der Waals surface area contributed by atoms with Gasteiger partial charge in [0, 0.05) is 11.5 Å². The second-order valence-corrected chi connectivity index (χ2v) is 5.58. The summed E-state index contributed by atoms with van der Waals surface area (Å²) in [6, 6.07) is 7.56. The van der Waals surface area contributed by atoms with E-state index in [0.717, 1.165) is 11.4 Å². The minimum atomic E-state index is -0.432. The van der Waals surface area contributed by atoms with E-state index in [0.29, 0.717) is 23.8 Å². The van der Waals surface area contributed by atoms with Crippen molar-refractivity contribution in [2.75, 3.05) is 0 Å². The number of rotatable bonds is 5. The van der Waals surface area contributed by atoms with Crippen molar-refractivity contribution >= 4 is 11.6 Å². The Balaban J connectivity index is 2.47. The van der Waals surface area contributed by atoms with Gasteiger partial charge in [-0.15, -0.1) is 0 Å². The SMILES string of the molecule is CC[C@H](O)Cn1nc(C(C)C)nc1-c1ccccc1Cl. The topological polar surface area (TPSA) is 50.9 Å². The molecule has 0 aliphatic rings. The molecule has 0 unspecified atom stereocenters.